The number of nitrogens with one attached hydrogen (secondary N) is 1. The first-order chi connectivity index (χ1) is 7.01. The lowest BCUT2D eigenvalue weighted by Crippen LogP contribution is -2.48. The smallest absolute Gasteiger partial charge is 0.0634 e. The van der Waals surface area contributed by atoms with Gasteiger partial charge in [0.25, 0.3) is 0 Å². The van der Waals surface area contributed by atoms with Crippen LogP contribution < -0.4 is 16.2 Å². The fourth-order valence-electron chi connectivity index (χ4n) is 1.06. The van der Waals surface area contributed by atoms with Gasteiger partial charge in [-0.1, -0.05) is 13.8 Å². The normalized spacial score (nSPS) is 15.3. The summed E-state index contributed by atoms with van der Waals surface area (Å²) in [7, 11) is 0. The minimum absolute atomic E-state index is 0.0863. The second-order valence-electron chi connectivity index (χ2n) is 3.31. The molecule has 0 amide bonds. The van der Waals surface area contributed by atoms with E-state index in [1.807, 2.05) is 18.8 Å². The molecule has 15 heavy (non-hydrogen) atoms. The number of hydrogen-bond acceptors (Lipinski definition) is 5. The first-order valence-corrected chi connectivity index (χ1v) is 7.71. The van der Waals surface area contributed by atoms with Gasteiger partial charge in [0.15, 0.2) is 0 Å². The first kappa shape index (κ1) is 14.5. The number of alkyl halides is 1. The van der Waals surface area contributed by atoms with Crippen LogP contribution >= 0.6 is 21.0 Å². The van der Waals surface area contributed by atoms with Crippen LogP contribution in [0.15, 0.2) is 15.0 Å². The highest BCUT2D eigenvalue weighted by molar-refractivity contribution is 14.2. The molecule has 1 unspecified atom stereocenters. The highest BCUT2D eigenvalue weighted by atomic mass is 127. The van der Waals surface area contributed by atoms with Crippen molar-refractivity contribution in [3.8, 4) is 0 Å². The summed E-state index contributed by atoms with van der Waals surface area (Å²) in [5, 5.41) is 13.7. The highest BCUT2D eigenvalue weighted by Crippen LogP contribution is 2.11. The Morgan fingerprint density at radius 2 is 2.27 bits per heavy atom. The third-order valence-corrected chi connectivity index (χ3v) is 2.72. The molecule has 0 saturated carbocycles. The van der Waals surface area contributed by atoms with Crippen molar-refractivity contribution in [2.75, 3.05) is 4.93 Å². The molecule has 0 aliphatic carbocycles. The van der Waals surface area contributed by atoms with E-state index >= 15 is 0 Å². The number of nitrogens with zero attached hydrogens (tertiary/aromatic N) is 1. The van der Waals surface area contributed by atoms with Crippen LogP contribution in [-0.2, 0) is 4.79 Å². The van der Waals surface area contributed by atoms with Crippen LogP contribution in [0.3, 0.4) is 0 Å². The van der Waals surface area contributed by atoms with Gasteiger partial charge < -0.3 is 21.0 Å². The van der Waals surface area contributed by atoms with Gasteiger partial charge in [0, 0.05) is 23.6 Å². The minimum atomic E-state index is -1.12. The van der Waals surface area contributed by atoms with Crippen molar-refractivity contribution in [2.24, 2.45) is 8.88 Å². The summed E-state index contributed by atoms with van der Waals surface area (Å²) in [5.74, 6) is -1.12. The van der Waals surface area contributed by atoms with Crippen molar-refractivity contribution in [3.05, 3.63) is 11.9 Å². The number of carboxylic acids is 1. The molecule has 0 heterocycles. The van der Waals surface area contributed by atoms with Gasteiger partial charge >= 0.3 is 0 Å². The summed E-state index contributed by atoms with van der Waals surface area (Å²) in [4.78, 5) is 12.8. The van der Waals surface area contributed by atoms with E-state index in [-0.39, 0.29) is 33.5 Å². The van der Waals surface area contributed by atoms with E-state index in [4.69, 9.17) is 5.73 Å². The Labute approximate surface area is 100 Å². The fraction of sp³-hybridized carbons (Fsp3) is 0.667. The number of carbonyl (C=O) groups excluding carboxylic acids is 1. The third kappa shape index (κ3) is 6.56. The molecule has 0 bridgehead atoms. The maximum atomic E-state index is 10.8. The van der Waals surface area contributed by atoms with Crippen molar-refractivity contribution in [1.29, 1.82) is 0 Å². The van der Waals surface area contributed by atoms with Gasteiger partial charge in [-0.25, -0.2) is 3.15 Å². The van der Waals surface area contributed by atoms with Gasteiger partial charge in [-0.2, -0.15) is 0 Å². The Balaban J connectivity index is 4.46. The Hall–Kier alpha value is -0.500. The van der Waals surface area contributed by atoms with Crippen molar-refractivity contribution >= 4 is 27.0 Å². The quantitative estimate of drug-likeness (QED) is 0.534. The van der Waals surface area contributed by atoms with Gasteiger partial charge in [0.1, 0.15) is 0 Å². The Morgan fingerprint density at radius 1 is 1.67 bits per heavy atom. The molecule has 0 fully saturated rings. The number of hydrogen-bond donors (Lipinski definition) is 2. The van der Waals surface area contributed by atoms with E-state index in [1.165, 1.54) is 6.20 Å². The van der Waals surface area contributed by atoms with Gasteiger partial charge in [0.2, 0.25) is 0 Å². The second-order valence-corrected chi connectivity index (χ2v) is 4.76. The number of nitrogens with two attached hydrogens (primary N) is 1. The Kier molecular flexibility index (Phi) is 7.49. The summed E-state index contributed by atoms with van der Waals surface area (Å²) in [6, 6.07) is -0.637. The van der Waals surface area contributed by atoms with Gasteiger partial charge in [-0.15, -0.1) is 0 Å². The molecule has 5 nitrogen and oxygen atoms in total. The number of carbonyl (C=O) groups is 1. The Morgan fingerprint density at radius 3 is 2.60 bits per heavy atom. The van der Waals surface area contributed by atoms with E-state index in [2.05, 4.69) is 8.46 Å². The van der Waals surface area contributed by atoms with E-state index in [9.17, 15) is 9.90 Å². The average molecular weight is 326 g/mol. The number of halogens is 1. The first-order valence-electron chi connectivity index (χ1n) is 4.58. The summed E-state index contributed by atoms with van der Waals surface area (Å²) < 4.78 is 4.19. The standard InChI is InChI=1S/C9H18IN3O2/c1-6(2)12-8(9(14)15)4-7(5-11)13-10-3/h5-6,8,12H,4,11H2,1-3H3,(H,14,15)/p-1/b7-5-. The lowest BCUT2D eigenvalue weighted by Gasteiger charge is -2.21. The summed E-state index contributed by atoms with van der Waals surface area (Å²) in [5.41, 5.74) is 5.99. The van der Waals surface area contributed by atoms with Crippen LogP contribution in [0.2, 0.25) is 0 Å². The monoisotopic (exact) mass is 326 g/mol. The summed E-state index contributed by atoms with van der Waals surface area (Å²) in [6.07, 6.45) is 1.64. The van der Waals surface area contributed by atoms with Crippen LogP contribution in [-0.4, -0.2) is 23.0 Å². The number of aliphatic carboxylic acids is 1. The van der Waals surface area contributed by atoms with Gasteiger partial charge in [-0.05, 0) is 21.0 Å². The topological polar surface area (TPSA) is 90.5 Å². The molecule has 0 aliphatic rings. The van der Waals surface area contributed by atoms with Crippen LogP contribution in [0.25, 0.3) is 0 Å². The second kappa shape index (κ2) is 7.75. The molecule has 0 radical (unpaired) electrons. The molecule has 0 aromatic rings. The largest absolute Gasteiger partial charge is 0.548 e. The molecule has 6 heteroatoms. The van der Waals surface area contributed by atoms with Crippen molar-refractivity contribution < 1.29 is 9.90 Å². The molecule has 0 rings (SSSR count). The molecule has 0 aromatic heterocycles. The van der Waals surface area contributed by atoms with Crippen LogP contribution in [0, 0.1) is 0 Å². The number of carboxylic acid groups (broad SMARTS) is 1. The molecule has 0 saturated heterocycles. The number of rotatable bonds is 6. The van der Waals surface area contributed by atoms with Crippen LogP contribution in [0.5, 0.6) is 0 Å². The van der Waals surface area contributed by atoms with Crippen molar-refractivity contribution in [3.63, 3.8) is 0 Å². The van der Waals surface area contributed by atoms with Gasteiger partial charge in [0.05, 0.1) is 17.7 Å². The zero-order valence-electron chi connectivity index (χ0n) is 9.16. The highest BCUT2D eigenvalue weighted by Gasteiger charge is 2.12. The van der Waals surface area contributed by atoms with Gasteiger partial charge in [-0.3, -0.25) is 0 Å². The molecular formula is C9H17IN3O2-. The van der Waals surface area contributed by atoms with E-state index in [1.54, 1.807) is 0 Å². The average Bonchev–Trinajstić information content (AvgIpc) is 2.14. The third-order valence-electron chi connectivity index (χ3n) is 1.62. The predicted molar refractivity (Wildman–Crippen MR) is 66.3 cm³/mol. The maximum Gasteiger partial charge on any atom is 0.0634 e. The molecule has 0 spiro atoms. The zero-order chi connectivity index (χ0) is 11.8. The molecular weight excluding hydrogens is 309 g/mol. The van der Waals surface area contributed by atoms with E-state index in [0.717, 1.165) is 0 Å². The molecule has 88 valence electrons. The lowest BCUT2D eigenvalue weighted by molar-refractivity contribution is -0.308. The molecule has 3 N–H and O–H groups in total. The lowest BCUT2D eigenvalue weighted by atomic mass is 10.1. The SMILES string of the molecule is CI=N/C(=C\N)CC(NC(C)C)C(=O)[O-]. The summed E-state index contributed by atoms with van der Waals surface area (Å²) >= 11 is -0.276. The van der Waals surface area contributed by atoms with E-state index in [0.29, 0.717) is 5.70 Å². The minimum Gasteiger partial charge on any atom is -0.548 e. The molecule has 1 atom stereocenters. The van der Waals surface area contributed by atoms with E-state index < -0.39 is 12.0 Å². The fourth-order valence-corrected chi connectivity index (χ4v) is 2.04. The van der Waals surface area contributed by atoms with Crippen LogP contribution in [0.1, 0.15) is 20.3 Å². The van der Waals surface area contributed by atoms with Crippen molar-refractivity contribution in [2.45, 2.75) is 32.4 Å². The predicted octanol–water partition coefficient (Wildman–Crippen LogP) is 0.0772. The maximum absolute atomic E-state index is 10.8. The zero-order valence-corrected chi connectivity index (χ0v) is 11.3. The molecule has 0 aromatic carbocycles. The Bertz CT molecular complexity index is 264. The van der Waals surface area contributed by atoms with Crippen molar-refractivity contribution in [1.82, 2.24) is 5.32 Å². The van der Waals surface area contributed by atoms with Crippen LogP contribution in [0.4, 0.5) is 0 Å². The summed E-state index contributed by atoms with van der Waals surface area (Å²) in [6.45, 7) is 3.76. The molecule has 0 aliphatic heterocycles.